The summed E-state index contributed by atoms with van der Waals surface area (Å²) in [4.78, 5) is 1.41. The molecule has 1 aliphatic heterocycles. The van der Waals surface area contributed by atoms with E-state index < -0.39 is 29.7 Å². The number of hydrogen-bond donors (Lipinski definition) is 1. The zero-order valence-corrected chi connectivity index (χ0v) is 14.0. The van der Waals surface area contributed by atoms with Crippen LogP contribution < -0.4 is 5.32 Å². The van der Waals surface area contributed by atoms with Crippen LogP contribution in [0.5, 0.6) is 0 Å². The van der Waals surface area contributed by atoms with Crippen molar-refractivity contribution in [3.05, 3.63) is 33.8 Å². The SMILES string of the molecule is Cl.Cl.Fc1cc(Br)cc(F)c1[C@@H](C(F)F)N1CCNCC1. The second-order valence-corrected chi connectivity index (χ2v) is 5.26. The van der Waals surface area contributed by atoms with Gasteiger partial charge in [0.25, 0.3) is 6.43 Å². The predicted molar refractivity (Wildman–Crippen MR) is 81.7 cm³/mol. The van der Waals surface area contributed by atoms with Crippen LogP contribution in [0, 0.1) is 11.6 Å². The van der Waals surface area contributed by atoms with E-state index in [0.29, 0.717) is 26.2 Å². The third-order valence-corrected chi connectivity index (χ3v) is 3.58. The lowest BCUT2D eigenvalue weighted by Crippen LogP contribution is -2.47. The molecule has 21 heavy (non-hydrogen) atoms. The maximum absolute atomic E-state index is 13.8. The first-order valence-electron chi connectivity index (χ1n) is 5.88. The average molecular weight is 414 g/mol. The molecule has 1 aromatic rings. The average Bonchev–Trinajstić information content (AvgIpc) is 2.34. The van der Waals surface area contributed by atoms with E-state index in [1.807, 2.05) is 0 Å². The first-order valence-corrected chi connectivity index (χ1v) is 6.67. The lowest BCUT2D eigenvalue weighted by atomic mass is 10.0. The van der Waals surface area contributed by atoms with Gasteiger partial charge < -0.3 is 5.32 Å². The Hall–Kier alpha value is -0.0800. The molecule has 2 rings (SSSR count). The zero-order valence-electron chi connectivity index (χ0n) is 10.8. The summed E-state index contributed by atoms with van der Waals surface area (Å²) in [6.07, 6.45) is -2.84. The standard InChI is InChI=1S/C12H13BrF4N2.2ClH/c13-7-5-8(14)10(9(15)6-7)11(12(16)17)19-3-1-18-2-4-19;;/h5-6,11-12,18H,1-4H2;2*1H/t11-;;/m0../s1. The molecular formula is C12H15BrCl2F4N2. The van der Waals surface area contributed by atoms with Gasteiger partial charge in [-0.2, -0.15) is 0 Å². The Bertz CT molecular complexity index is 436. The van der Waals surface area contributed by atoms with Gasteiger partial charge in [-0.05, 0) is 12.1 Å². The van der Waals surface area contributed by atoms with Gasteiger partial charge in [-0.3, -0.25) is 4.90 Å². The Morgan fingerprint density at radius 3 is 1.95 bits per heavy atom. The summed E-state index contributed by atoms with van der Waals surface area (Å²) >= 11 is 2.94. The van der Waals surface area contributed by atoms with Crippen molar-refractivity contribution in [3.63, 3.8) is 0 Å². The molecule has 0 radical (unpaired) electrons. The first kappa shape index (κ1) is 20.9. The van der Waals surface area contributed by atoms with Crippen LogP contribution in [-0.2, 0) is 0 Å². The highest BCUT2D eigenvalue weighted by Gasteiger charge is 2.34. The highest BCUT2D eigenvalue weighted by molar-refractivity contribution is 9.10. The van der Waals surface area contributed by atoms with E-state index in [9.17, 15) is 17.6 Å². The van der Waals surface area contributed by atoms with Crippen molar-refractivity contribution in [2.45, 2.75) is 12.5 Å². The topological polar surface area (TPSA) is 15.3 Å². The van der Waals surface area contributed by atoms with Crippen LogP contribution in [-0.4, -0.2) is 37.5 Å². The van der Waals surface area contributed by atoms with Gasteiger partial charge in [0.2, 0.25) is 0 Å². The van der Waals surface area contributed by atoms with E-state index in [1.165, 1.54) is 4.90 Å². The van der Waals surface area contributed by atoms with Crippen molar-refractivity contribution >= 4 is 40.7 Å². The summed E-state index contributed by atoms with van der Waals surface area (Å²) in [5.74, 6) is -1.90. The molecule has 1 atom stereocenters. The lowest BCUT2D eigenvalue weighted by Gasteiger charge is -2.34. The summed E-state index contributed by atoms with van der Waals surface area (Å²) in [6.45, 7) is 1.74. The number of nitrogens with one attached hydrogen (secondary N) is 1. The second-order valence-electron chi connectivity index (χ2n) is 4.35. The van der Waals surface area contributed by atoms with Crippen LogP contribution in [0.15, 0.2) is 16.6 Å². The number of rotatable bonds is 3. The molecule has 0 amide bonds. The quantitative estimate of drug-likeness (QED) is 0.758. The summed E-state index contributed by atoms with van der Waals surface area (Å²) in [5.41, 5.74) is -0.555. The van der Waals surface area contributed by atoms with Crippen molar-refractivity contribution < 1.29 is 17.6 Å². The highest BCUT2D eigenvalue weighted by Crippen LogP contribution is 2.33. The highest BCUT2D eigenvalue weighted by atomic mass is 79.9. The summed E-state index contributed by atoms with van der Waals surface area (Å²) in [5, 5.41) is 3.02. The molecule has 1 saturated heterocycles. The Kier molecular flexibility index (Phi) is 9.11. The summed E-state index contributed by atoms with van der Waals surface area (Å²) < 4.78 is 54.3. The molecule has 1 N–H and O–H groups in total. The molecule has 1 aliphatic rings. The summed E-state index contributed by atoms with van der Waals surface area (Å²) in [6, 6.07) is 0.474. The second kappa shape index (κ2) is 9.15. The van der Waals surface area contributed by atoms with Gasteiger partial charge in [-0.1, -0.05) is 15.9 Å². The maximum Gasteiger partial charge on any atom is 0.258 e. The predicted octanol–water partition coefficient (Wildman–Crippen LogP) is 3.78. The molecule has 0 bridgehead atoms. The minimum atomic E-state index is -2.84. The minimum Gasteiger partial charge on any atom is -0.314 e. The molecule has 0 aromatic heterocycles. The monoisotopic (exact) mass is 412 g/mol. The zero-order chi connectivity index (χ0) is 14.0. The Balaban J connectivity index is 0.00000200. The minimum absolute atomic E-state index is 0. The van der Waals surface area contributed by atoms with Crippen LogP contribution in [0.1, 0.15) is 11.6 Å². The molecule has 0 spiro atoms. The Labute approximate surface area is 141 Å². The van der Waals surface area contributed by atoms with Crippen LogP contribution in [0.3, 0.4) is 0 Å². The van der Waals surface area contributed by atoms with E-state index in [2.05, 4.69) is 21.2 Å². The van der Waals surface area contributed by atoms with Crippen LogP contribution >= 0.6 is 40.7 Å². The van der Waals surface area contributed by atoms with Crippen molar-refractivity contribution in [2.75, 3.05) is 26.2 Å². The summed E-state index contributed by atoms with van der Waals surface area (Å²) in [7, 11) is 0. The molecule has 2 nitrogen and oxygen atoms in total. The van der Waals surface area contributed by atoms with Crippen molar-refractivity contribution in [1.29, 1.82) is 0 Å². The van der Waals surface area contributed by atoms with E-state index >= 15 is 0 Å². The molecule has 9 heteroatoms. The number of alkyl halides is 2. The number of hydrogen-bond acceptors (Lipinski definition) is 2. The molecule has 0 aliphatic carbocycles. The third kappa shape index (κ3) is 4.96. The smallest absolute Gasteiger partial charge is 0.258 e. The van der Waals surface area contributed by atoms with Gasteiger partial charge >= 0.3 is 0 Å². The number of halogens is 7. The van der Waals surface area contributed by atoms with Crippen molar-refractivity contribution in [2.24, 2.45) is 0 Å². The molecule has 0 saturated carbocycles. The molecule has 0 unspecified atom stereocenters. The fraction of sp³-hybridized carbons (Fsp3) is 0.500. The van der Waals surface area contributed by atoms with Gasteiger partial charge in [-0.15, -0.1) is 24.8 Å². The van der Waals surface area contributed by atoms with Gasteiger partial charge in [-0.25, -0.2) is 17.6 Å². The molecule has 1 fully saturated rings. The number of nitrogens with zero attached hydrogens (tertiary/aromatic N) is 1. The Morgan fingerprint density at radius 2 is 1.52 bits per heavy atom. The molecule has 1 heterocycles. The fourth-order valence-electron chi connectivity index (χ4n) is 2.26. The maximum atomic E-state index is 13.8. The first-order chi connectivity index (χ1) is 9.00. The normalized spacial score (nSPS) is 17.0. The molecule has 122 valence electrons. The number of benzene rings is 1. The van der Waals surface area contributed by atoms with Crippen LogP contribution in [0.25, 0.3) is 0 Å². The van der Waals surface area contributed by atoms with Crippen LogP contribution in [0.2, 0.25) is 0 Å². The number of piperazine rings is 1. The van der Waals surface area contributed by atoms with Gasteiger partial charge in [0.15, 0.2) is 0 Å². The fourth-order valence-corrected chi connectivity index (χ4v) is 2.67. The van der Waals surface area contributed by atoms with E-state index in [0.717, 1.165) is 12.1 Å². The van der Waals surface area contributed by atoms with Gasteiger partial charge in [0.1, 0.15) is 17.7 Å². The largest absolute Gasteiger partial charge is 0.314 e. The lowest BCUT2D eigenvalue weighted by molar-refractivity contribution is 0.0145. The van der Waals surface area contributed by atoms with Crippen molar-refractivity contribution in [3.8, 4) is 0 Å². The van der Waals surface area contributed by atoms with Crippen LogP contribution in [0.4, 0.5) is 17.6 Å². The van der Waals surface area contributed by atoms with Gasteiger partial charge in [0, 0.05) is 36.2 Å². The van der Waals surface area contributed by atoms with Gasteiger partial charge in [0.05, 0.1) is 0 Å². The molecular weight excluding hydrogens is 399 g/mol. The molecule has 1 aromatic carbocycles. The van der Waals surface area contributed by atoms with E-state index in [1.54, 1.807) is 0 Å². The van der Waals surface area contributed by atoms with Crippen molar-refractivity contribution in [1.82, 2.24) is 10.2 Å². The third-order valence-electron chi connectivity index (χ3n) is 3.12. The van der Waals surface area contributed by atoms with E-state index in [-0.39, 0.29) is 29.3 Å². The Morgan fingerprint density at radius 1 is 1.05 bits per heavy atom. The van der Waals surface area contributed by atoms with E-state index in [4.69, 9.17) is 0 Å².